The van der Waals surface area contributed by atoms with E-state index in [4.69, 9.17) is 4.98 Å². The normalized spacial score (nSPS) is 14.6. The molecule has 0 bridgehead atoms. The van der Waals surface area contributed by atoms with Gasteiger partial charge in [-0.25, -0.2) is 4.98 Å². The first kappa shape index (κ1) is 21.6. The largest absolute Gasteiger partial charge is 0.342 e. The lowest BCUT2D eigenvalue weighted by Crippen LogP contribution is -2.39. The van der Waals surface area contributed by atoms with Crippen molar-refractivity contribution < 1.29 is 4.79 Å². The minimum atomic E-state index is -0.0678. The zero-order chi connectivity index (χ0) is 21.8. The summed E-state index contributed by atoms with van der Waals surface area (Å²) >= 11 is 1.36. The van der Waals surface area contributed by atoms with E-state index in [9.17, 15) is 9.59 Å². The molecule has 1 amide bonds. The van der Waals surface area contributed by atoms with Crippen LogP contribution in [-0.2, 0) is 11.3 Å². The number of carbonyl (C=O) groups is 1. The van der Waals surface area contributed by atoms with Crippen LogP contribution in [-0.4, -0.2) is 39.2 Å². The molecule has 6 heteroatoms. The third kappa shape index (κ3) is 5.01. The van der Waals surface area contributed by atoms with Crippen LogP contribution >= 0.6 is 11.8 Å². The molecule has 1 aromatic heterocycles. The van der Waals surface area contributed by atoms with Gasteiger partial charge in [0.25, 0.3) is 5.56 Å². The minimum Gasteiger partial charge on any atom is -0.342 e. The molecule has 1 aliphatic carbocycles. The number of thioether (sulfide) groups is 1. The van der Waals surface area contributed by atoms with E-state index in [1.165, 1.54) is 36.6 Å². The molecule has 0 atom stereocenters. The molecule has 0 saturated heterocycles. The monoisotopic (exact) mass is 435 g/mol. The van der Waals surface area contributed by atoms with Crippen molar-refractivity contribution in [2.24, 2.45) is 0 Å². The molecule has 1 aliphatic rings. The first-order valence-corrected chi connectivity index (χ1v) is 11.9. The predicted molar refractivity (Wildman–Crippen MR) is 127 cm³/mol. The van der Waals surface area contributed by atoms with Crippen LogP contribution in [0, 0.1) is 6.92 Å². The number of carbonyl (C=O) groups excluding carboxylic acids is 1. The Morgan fingerprint density at radius 3 is 2.55 bits per heavy atom. The Balaban J connectivity index is 1.60. The van der Waals surface area contributed by atoms with Gasteiger partial charge in [0.05, 0.1) is 23.2 Å². The summed E-state index contributed by atoms with van der Waals surface area (Å²) in [6.07, 6.45) is 5.81. The zero-order valence-corrected chi connectivity index (χ0v) is 19.0. The van der Waals surface area contributed by atoms with Gasteiger partial charge < -0.3 is 4.90 Å². The minimum absolute atomic E-state index is 0.0678. The number of aryl methyl sites for hydroxylation is 1. The molecule has 1 saturated carbocycles. The Kier molecular flexibility index (Phi) is 6.76. The van der Waals surface area contributed by atoms with Crippen LogP contribution in [0.25, 0.3) is 10.9 Å². The Hall–Kier alpha value is -2.60. The molecule has 0 spiro atoms. The second-order valence-electron chi connectivity index (χ2n) is 8.37. The molecular formula is C25H29N3O2S. The summed E-state index contributed by atoms with van der Waals surface area (Å²) in [7, 11) is 1.91. The number of benzene rings is 2. The number of aromatic nitrogens is 2. The first-order chi connectivity index (χ1) is 15.0. The molecule has 1 heterocycles. The Labute approximate surface area is 187 Å². The summed E-state index contributed by atoms with van der Waals surface area (Å²) in [4.78, 5) is 32.8. The molecular weight excluding hydrogens is 406 g/mol. The summed E-state index contributed by atoms with van der Waals surface area (Å²) in [5, 5.41) is 1.19. The number of rotatable bonds is 6. The fourth-order valence-electron chi connectivity index (χ4n) is 4.17. The van der Waals surface area contributed by atoms with Crippen LogP contribution in [0.3, 0.4) is 0 Å². The number of hydrogen-bond acceptors (Lipinski definition) is 4. The molecule has 0 radical (unpaired) electrons. The van der Waals surface area contributed by atoms with Crippen molar-refractivity contribution in [2.45, 2.75) is 56.8 Å². The summed E-state index contributed by atoms with van der Waals surface area (Å²) in [6.45, 7) is 2.48. The molecule has 0 unspecified atom stereocenters. The number of fused-ring (bicyclic) bond motifs is 1. The van der Waals surface area contributed by atoms with E-state index in [0.717, 1.165) is 18.4 Å². The highest BCUT2D eigenvalue weighted by molar-refractivity contribution is 7.99. The number of para-hydroxylation sites is 1. The topological polar surface area (TPSA) is 55.2 Å². The van der Waals surface area contributed by atoms with Gasteiger partial charge in [-0.15, -0.1) is 0 Å². The lowest BCUT2D eigenvalue weighted by molar-refractivity contribution is -0.129. The van der Waals surface area contributed by atoms with E-state index in [0.29, 0.717) is 28.6 Å². The third-order valence-corrected chi connectivity index (χ3v) is 7.09. The van der Waals surface area contributed by atoms with Gasteiger partial charge in [0.1, 0.15) is 0 Å². The summed E-state index contributed by atoms with van der Waals surface area (Å²) in [5.74, 6) is 0.382. The van der Waals surface area contributed by atoms with Gasteiger partial charge in [0.15, 0.2) is 5.16 Å². The summed E-state index contributed by atoms with van der Waals surface area (Å²) in [6, 6.07) is 15.9. The van der Waals surface area contributed by atoms with Crippen LogP contribution in [0.4, 0.5) is 0 Å². The van der Waals surface area contributed by atoms with E-state index in [2.05, 4.69) is 0 Å². The van der Waals surface area contributed by atoms with Crippen molar-refractivity contribution in [3.05, 3.63) is 70.0 Å². The summed E-state index contributed by atoms with van der Waals surface area (Å²) in [5.41, 5.74) is 2.82. The van der Waals surface area contributed by atoms with Crippen molar-refractivity contribution >= 4 is 28.6 Å². The Morgan fingerprint density at radius 2 is 1.81 bits per heavy atom. The average Bonchev–Trinajstić information content (AvgIpc) is 2.81. The van der Waals surface area contributed by atoms with Gasteiger partial charge in [0, 0.05) is 13.1 Å². The zero-order valence-electron chi connectivity index (χ0n) is 18.2. The molecule has 0 aliphatic heterocycles. The van der Waals surface area contributed by atoms with E-state index in [-0.39, 0.29) is 17.2 Å². The van der Waals surface area contributed by atoms with Gasteiger partial charge in [-0.1, -0.05) is 73.0 Å². The fourth-order valence-corrected chi connectivity index (χ4v) is 5.10. The lowest BCUT2D eigenvalue weighted by Gasteiger charge is -2.31. The second-order valence-corrected chi connectivity index (χ2v) is 9.32. The molecule has 4 rings (SSSR count). The average molecular weight is 436 g/mol. The summed E-state index contributed by atoms with van der Waals surface area (Å²) < 4.78 is 1.70. The van der Waals surface area contributed by atoms with E-state index in [1.807, 2.05) is 67.4 Å². The molecule has 5 nitrogen and oxygen atoms in total. The first-order valence-electron chi connectivity index (χ1n) is 11.0. The standard InChI is InChI=1S/C25H29N3O2S/c1-18-12-14-19(15-13-18)16-28-24(30)21-10-6-7-11-22(21)26-25(28)31-17-23(29)27(2)20-8-4-3-5-9-20/h6-7,10-15,20H,3-5,8-9,16-17H2,1-2H3. The SMILES string of the molecule is Cc1ccc(Cn2c(SCC(=O)N(C)C3CCCCC3)nc3ccccc3c2=O)cc1. The van der Waals surface area contributed by atoms with Crippen LogP contribution in [0.1, 0.15) is 43.2 Å². The smallest absolute Gasteiger partial charge is 0.262 e. The van der Waals surface area contributed by atoms with Crippen molar-refractivity contribution in [3.63, 3.8) is 0 Å². The Bertz CT molecular complexity index is 1120. The van der Waals surface area contributed by atoms with Crippen LogP contribution in [0.2, 0.25) is 0 Å². The Morgan fingerprint density at radius 1 is 1.10 bits per heavy atom. The second kappa shape index (κ2) is 9.69. The van der Waals surface area contributed by atoms with Crippen molar-refractivity contribution in [1.82, 2.24) is 14.5 Å². The van der Waals surface area contributed by atoms with Gasteiger partial charge in [0.2, 0.25) is 5.91 Å². The van der Waals surface area contributed by atoms with E-state index < -0.39 is 0 Å². The molecule has 3 aromatic rings. The molecule has 31 heavy (non-hydrogen) atoms. The van der Waals surface area contributed by atoms with Crippen molar-refractivity contribution in [2.75, 3.05) is 12.8 Å². The van der Waals surface area contributed by atoms with Gasteiger partial charge in [-0.3, -0.25) is 14.2 Å². The van der Waals surface area contributed by atoms with Gasteiger partial charge in [-0.2, -0.15) is 0 Å². The van der Waals surface area contributed by atoms with Gasteiger partial charge in [-0.05, 0) is 37.5 Å². The van der Waals surface area contributed by atoms with Crippen molar-refractivity contribution in [1.29, 1.82) is 0 Å². The number of nitrogens with zero attached hydrogens (tertiary/aromatic N) is 3. The van der Waals surface area contributed by atoms with E-state index in [1.54, 1.807) is 4.57 Å². The molecule has 2 aromatic carbocycles. The fraction of sp³-hybridized carbons (Fsp3) is 0.400. The quantitative estimate of drug-likeness (QED) is 0.418. The highest BCUT2D eigenvalue weighted by Gasteiger charge is 2.23. The number of amides is 1. The highest BCUT2D eigenvalue weighted by atomic mass is 32.2. The van der Waals surface area contributed by atoms with Crippen molar-refractivity contribution in [3.8, 4) is 0 Å². The molecule has 162 valence electrons. The molecule has 0 N–H and O–H groups in total. The molecule has 1 fully saturated rings. The van der Waals surface area contributed by atoms with Gasteiger partial charge >= 0.3 is 0 Å². The third-order valence-electron chi connectivity index (χ3n) is 6.13. The maximum atomic E-state index is 13.3. The van der Waals surface area contributed by atoms with Crippen LogP contribution < -0.4 is 5.56 Å². The van der Waals surface area contributed by atoms with Crippen LogP contribution in [0.5, 0.6) is 0 Å². The lowest BCUT2D eigenvalue weighted by atomic mass is 9.94. The maximum absolute atomic E-state index is 13.3. The number of hydrogen-bond donors (Lipinski definition) is 0. The van der Waals surface area contributed by atoms with Crippen LogP contribution in [0.15, 0.2) is 58.5 Å². The maximum Gasteiger partial charge on any atom is 0.262 e. The highest BCUT2D eigenvalue weighted by Crippen LogP contribution is 2.24. The van der Waals surface area contributed by atoms with E-state index >= 15 is 0 Å². The predicted octanol–water partition coefficient (Wildman–Crippen LogP) is 4.64.